The Hall–Kier alpha value is -2.79. The zero-order chi connectivity index (χ0) is 18.6. The van der Waals surface area contributed by atoms with Gasteiger partial charge in [0, 0.05) is 16.5 Å². The molecule has 5 heteroatoms. The van der Waals surface area contributed by atoms with Gasteiger partial charge in [0.2, 0.25) is 0 Å². The zero-order valence-corrected chi connectivity index (χ0v) is 16.3. The van der Waals surface area contributed by atoms with Crippen molar-refractivity contribution in [2.24, 2.45) is 0 Å². The summed E-state index contributed by atoms with van der Waals surface area (Å²) in [6.45, 7) is 4.30. The first-order chi connectivity index (χ1) is 13.2. The van der Waals surface area contributed by atoms with E-state index in [0.717, 1.165) is 28.5 Å². The van der Waals surface area contributed by atoms with E-state index in [4.69, 9.17) is 5.10 Å². The molecule has 0 aliphatic carbocycles. The number of anilines is 1. The molecule has 0 bridgehead atoms. The normalized spacial score (nSPS) is 12.2. The molecule has 0 aliphatic rings. The number of imidazole rings is 1. The summed E-state index contributed by atoms with van der Waals surface area (Å²) in [4.78, 5) is 5.78. The second-order valence-electron chi connectivity index (χ2n) is 6.37. The van der Waals surface area contributed by atoms with Gasteiger partial charge in [-0.2, -0.15) is 0 Å². The monoisotopic (exact) mass is 374 g/mol. The van der Waals surface area contributed by atoms with Crippen molar-refractivity contribution in [3.8, 4) is 11.3 Å². The Kier molecular flexibility index (Phi) is 5.12. The van der Waals surface area contributed by atoms with Crippen molar-refractivity contribution >= 4 is 23.2 Å². The number of nitrogens with one attached hydrogen (secondary N) is 1. The van der Waals surface area contributed by atoms with Crippen LogP contribution in [-0.4, -0.2) is 20.4 Å². The Morgan fingerprint density at radius 3 is 2.52 bits per heavy atom. The van der Waals surface area contributed by atoms with Crippen molar-refractivity contribution in [3.63, 3.8) is 0 Å². The van der Waals surface area contributed by atoms with Gasteiger partial charge in [-0.05, 0) is 42.5 Å². The van der Waals surface area contributed by atoms with Crippen molar-refractivity contribution in [3.05, 3.63) is 78.5 Å². The zero-order valence-electron chi connectivity index (χ0n) is 15.5. The third-order valence-electron chi connectivity index (χ3n) is 4.49. The van der Waals surface area contributed by atoms with Crippen molar-refractivity contribution in [2.75, 3.05) is 11.1 Å². The fourth-order valence-corrected chi connectivity index (χ4v) is 3.74. The number of aromatic nitrogens is 3. The summed E-state index contributed by atoms with van der Waals surface area (Å²) in [6.07, 6.45) is 1.88. The maximum atomic E-state index is 4.77. The Labute approximate surface area is 163 Å². The molecule has 0 saturated carbocycles. The minimum Gasteiger partial charge on any atom is -0.362 e. The standard InChI is InChI=1S/C22H22N4S/c1-3-27-19-11-9-18(10-12-19)20-15-23-22-14-13-21(25-26(20)22)24-16(2)17-7-5-4-6-8-17/h4-16H,3H2,1-2H3,(H,24,25)/t16-/m1/s1. The molecule has 2 aromatic heterocycles. The highest BCUT2D eigenvalue weighted by Gasteiger charge is 2.10. The smallest absolute Gasteiger partial charge is 0.154 e. The number of hydrogen-bond acceptors (Lipinski definition) is 4. The molecule has 2 heterocycles. The van der Waals surface area contributed by atoms with Crippen LogP contribution in [0.25, 0.3) is 16.9 Å². The van der Waals surface area contributed by atoms with Crippen molar-refractivity contribution in [1.82, 2.24) is 14.6 Å². The van der Waals surface area contributed by atoms with Crippen LogP contribution in [0.3, 0.4) is 0 Å². The molecule has 0 saturated heterocycles. The van der Waals surface area contributed by atoms with E-state index in [-0.39, 0.29) is 6.04 Å². The van der Waals surface area contributed by atoms with E-state index < -0.39 is 0 Å². The SMILES string of the molecule is CCSc1ccc(-c2cnc3ccc(N[C@H](C)c4ccccc4)nn23)cc1. The topological polar surface area (TPSA) is 42.2 Å². The summed E-state index contributed by atoms with van der Waals surface area (Å²) in [5, 5.41) is 8.26. The number of benzene rings is 2. The molecule has 4 rings (SSSR count). The summed E-state index contributed by atoms with van der Waals surface area (Å²) in [7, 11) is 0. The number of fused-ring (bicyclic) bond motifs is 1. The molecule has 0 radical (unpaired) electrons. The summed E-state index contributed by atoms with van der Waals surface area (Å²) in [5.74, 6) is 1.90. The van der Waals surface area contributed by atoms with Crippen molar-refractivity contribution in [1.29, 1.82) is 0 Å². The highest BCUT2D eigenvalue weighted by molar-refractivity contribution is 7.99. The van der Waals surface area contributed by atoms with Gasteiger partial charge in [0.1, 0.15) is 5.82 Å². The second-order valence-corrected chi connectivity index (χ2v) is 7.70. The molecule has 0 spiro atoms. The highest BCUT2D eigenvalue weighted by atomic mass is 32.2. The van der Waals surface area contributed by atoms with Gasteiger partial charge in [0.05, 0.1) is 11.9 Å². The number of nitrogens with zero attached hydrogens (tertiary/aromatic N) is 3. The third-order valence-corrected chi connectivity index (χ3v) is 5.38. The quantitative estimate of drug-likeness (QED) is 0.441. The van der Waals surface area contributed by atoms with Crippen LogP contribution < -0.4 is 5.32 Å². The average Bonchev–Trinajstić information content (AvgIpc) is 3.13. The molecule has 136 valence electrons. The molecule has 27 heavy (non-hydrogen) atoms. The lowest BCUT2D eigenvalue weighted by Crippen LogP contribution is -2.09. The Morgan fingerprint density at radius 2 is 1.78 bits per heavy atom. The second kappa shape index (κ2) is 7.84. The minimum atomic E-state index is 0.175. The predicted octanol–water partition coefficient (Wildman–Crippen LogP) is 5.68. The molecule has 0 unspecified atom stereocenters. The molecule has 2 aromatic carbocycles. The van der Waals surface area contributed by atoms with E-state index in [1.807, 2.05) is 40.7 Å². The summed E-state index contributed by atoms with van der Waals surface area (Å²) >= 11 is 1.84. The maximum Gasteiger partial charge on any atom is 0.154 e. The van der Waals surface area contributed by atoms with Crippen LogP contribution in [-0.2, 0) is 0 Å². The first-order valence-corrected chi connectivity index (χ1v) is 10.1. The van der Waals surface area contributed by atoms with Gasteiger partial charge in [-0.15, -0.1) is 16.9 Å². The summed E-state index contributed by atoms with van der Waals surface area (Å²) in [6, 6.07) is 23.1. The van der Waals surface area contributed by atoms with Gasteiger partial charge in [0.25, 0.3) is 0 Å². The molecule has 1 N–H and O–H groups in total. The third kappa shape index (κ3) is 3.83. The van der Waals surface area contributed by atoms with Crippen LogP contribution in [0.4, 0.5) is 5.82 Å². The van der Waals surface area contributed by atoms with Crippen LogP contribution >= 0.6 is 11.8 Å². The van der Waals surface area contributed by atoms with Crippen LogP contribution in [0.1, 0.15) is 25.5 Å². The van der Waals surface area contributed by atoms with Crippen LogP contribution in [0.15, 0.2) is 77.8 Å². The molecule has 0 aliphatic heterocycles. The Balaban J connectivity index is 1.63. The molecule has 0 amide bonds. The summed E-state index contributed by atoms with van der Waals surface area (Å²) in [5.41, 5.74) is 4.18. The van der Waals surface area contributed by atoms with Gasteiger partial charge in [-0.25, -0.2) is 9.50 Å². The van der Waals surface area contributed by atoms with Gasteiger partial charge in [-0.1, -0.05) is 49.4 Å². The average molecular weight is 375 g/mol. The summed E-state index contributed by atoms with van der Waals surface area (Å²) < 4.78 is 1.90. The van der Waals surface area contributed by atoms with E-state index >= 15 is 0 Å². The van der Waals surface area contributed by atoms with Crippen LogP contribution in [0.2, 0.25) is 0 Å². The lowest BCUT2D eigenvalue weighted by molar-refractivity contribution is 0.848. The first kappa shape index (κ1) is 17.6. The van der Waals surface area contributed by atoms with Crippen molar-refractivity contribution in [2.45, 2.75) is 24.8 Å². The van der Waals surface area contributed by atoms with Crippen LogP contribution in [0.5, 0.6) is 0 Å². The van der Waals surface area contributed by atoms with Gasteiger partial charge in [0.15, 0.2) is 5.65 Å². The fraction of sp³-hybridized carbons (Fsp3) is 0.182. The largest absolute Gasteiger partial charge is 0.362 e. The number of rotatable bonds is 6. The van der Waals surface area contributed by atoms with Gasteiger partial charge in [-0.3, -0.25) is 0 Å². The van der Waals surface area contributed by atoms with Crippen LogP contribution in [0, 0.1) is 0 Å². The number of hydrogen-bond donors (Lipinski definition) is 1. The Morgan fingerprint density at radius 1 is 1.00 bits per heavy atom. The highest BCUT2D eigenvalue weighted by Crippen LogP contribution is 2.25. The predicted molar refractivity (Wildman–Crippen MR) is 113 cm³/mol. The van der Waals surface area contributed by atoms with E-state index in [1.54, 1.807) is 0 Å². The lowest BCUT2D eigenvalue weighted by atomic mass is 10.1. The molecule has 0 fully saturated rings. The van der Waals surface area contributed by atoms with E-state index in [9.17, 15) is 0 Å². The molecular weight excluding hydrogens is 352 g/mol. The molecular formula is C22H22N4S. The van der Waals surface area contributed by atoms with E-state index in [1.165, 1.54) is 10.5 Å². The van der Waals surface area contributed by atoms with E-state index in [2.05, 4.69) is 72.7 Å². The van der Waals surface area contributed by atoms with E-state index in [0.29, 0.717) is 0 Å². The maximum absolute atomic E-state index is 4.77. The molecule has 4 aromatic rings. The number of thioether (sulfide) groups is 1. The lowest BCUT2D eigenvalue weighted by Gasteiger charge is -2.15. The molecule has 4 nitrogen and oxygen atoms in total. The Bertz CT molecular complexity index is 1030. The minimum absolute atomic E-state index is 0.175. The first-order valence-electron chi connectivity index (χ1n) is 9.14. The molecule has 1 atom stereocenters. The fourth-order valence-electron chi connectivity index (χ4n) is 3.08. The van der Waals surface area contributed by atoms with Crippen molar-refractivity contribution < 1.29 is 0 Å². The van der Waals surface area contributed by atoms with Gasteiger partial charge >= 0.3 is 0 Å². The van der Waals surface area contributed by atoms with Gasteiger partial charge < -0.3 is 5.32 Å².